The lowest BCUT2D eigenvalue weighted by Crippen LogP contribution is -2.25. The van der Waals surface area contributed by atoms with Gasteiger partial charge >= 0.3 is 0 Å². The third-order valence-corrected chi connectivity index (χ3v) is 11.9. The largest absolute Gasteiger partial charge is 0.371 e. The second-order valence-electron chi connectivity index (χ2n) is 15.2. The highest BCUT2D eigenvalue weighted by atomic mass is 15.0. The summed E-state index contributed by atoms with van der Waals surface area (Å²) >= 11 is 0. The molecule has 1 unspecified atom stereocenters. The maximum absolute atomic E-state index is 5.51. The molecule has 58 heavy (non-hydrogen) atoms. The van der Waals surface area contributed by atoms with Crippen LogP contribution in [0.1, 0.15) is 17.2 Å². The molecule has 3 heterocycles. The van der Waals surface area contributed by atoms with E-state index in [1.54, 1.807) is 0 Å². The number of nitrogens with one attached hydrogen (secondary N) is 1. The van der Waals surface area contributed by atoms with Crippen molar-refractivity contribution < 1.29 is 0 Å². The third kappa shape index (κ3) is 4.98. The smallest absolute Gasteiger partial charge is 0.0947 e. The van der Waals surface area contributed by atoms with E-state index >= 15 is 0 Å². The van der Waals surface area contributed by atoms with Crippen LogP contribution in [0.4, 0.5) is 11.4 Å². The van der Waals surface area contributed by atoms with Gasteiger partial charge < -0.3 is 14.5 Å². The fraction of sp³-hybridized carbons (Fsp3) is 0.0185. The molecule has 4 heteroatoms. The molecular formula is C54H36N4. The Morgan fingerprint density at radius 1 is 0.414 bits per heavy atom. The first kappa shape index (κ1) is 32.5. The van der Waals surface area contributed by atoms with Gasteiger partial charge in [0.1, 0.15) is 0 Å². The van der Waals surface area contributed by atoms with Crippen molar-refractivity contribution in [3.63, 3.8) is 0 Å². The quantitative estimate of drug-likeness (QED) is 0.187. The zero-order chi connectivity index (χ0) is 38.2. The van der Waals surface area contributed by atoms with Gasteiger partial charge in [-0.3, -0.25) is 0 Å². The summed E-state index contributed by atoms with van der Waals surface area (Å²) < 4.78 is 4.87. The molecule has 0 amide bonds. The summed E-state index contributed by atoms with van der Waals surface area (Å²) in [5, 5.41) is 11.4. The van der Waals surface area contributed by atoms with E-state index in [9.17, 15) is 0 Å². The van der Waals surface area contributed by atoms with Gasteiger partial charge in [0.05, 0.1) is 45.2 Å². The Balaban J connectivity index is 1.11. The highest BCUT2D eigenvalue weighted by Crippen LogP contribution is 2.45. The molecule has 9 aromatic carbocycles. The van der Waals surface area contributed by atoms with Gasteiger partial charge in [-0.2, -0.15) is 0 Å². The number of nitrogens with zero attached hydrogens (tertiary/aromatic N) is 3. The average Bonchev–Trinajstić information content (AvgIpc) is 3.80. The first-order valence-electron chi connectivity index (χ1n) is 19.9. The zero-order valence-corrected chi connectivity index (χ0v) is 31.5. The Bertz CT molecular complexity index is 3410. The van der Waals surface area contributed by atoms with E-state index in [2.05, 4.69) is 221 Å². The Hall–Kier alpha value is -7.69. The summed E-state index contributed by atoms with van der Waals surface area (Å²) in [7, 11) is 0. The molecule has 272 valence electrons. The molecule has 1 aliphatic heterocycles. The number of fused-ring (bicyclic) bond motifs is 9. The minimum absolute atomic E-state index is 0.0755. The Labute approximate surface area is 335 Å². The molecule has 0 bridgehead atoms. The van der Waals surface area contributed by atoms with E-state index in [0.717, 1.165) is 45.2 Å². The van der Waals surface area contributed by atoms with Crippen molar-refractivity contribution in [2.24, 2.45) is 4.99 Å². The lowest BCUT2D eigenvalue weighted by Gasteiger charge is -2.29. The molecule has 0 saturated carbocycles. The molecule has 11 aromatic rings. The Kier molecular flexibility index (Phi) is 7.26. The monoisotopic (exact) mass is 740 g/mol. The third-order valence-electron chi connectivity index (χ3n) is 11.9. The minimum Gasteiger partial charge on any atom is -0.371 e. The molecule has 1 aliphatic rings. The summed E-state index contributed by atoms with van der Waals surface area (Å²) in [5.74, 6) is 0. The van der Waals surface area contributed by atoms with Gasteiger partial charge in [0.2, 0.25) is 0 Å². The van der Waals surface area contributed by atoms with E-state index in [0.29, 0.717) is 0 Å². The van der Waals surface area contributed by atoms with Crippen LogP contribution in [-0.4, -0.2) is 14.8 Å². The predicted molar refractivity (Wildman–Crippen MR) is 244 cm³/mol. The molecule has 4 nitrogen and oxygen atoms in total. The summed E-state index contributed by atoms with van der Waals surface area (Å²) in [5.41, 5.74) is 14.5. The fourth-order valence-corrected chi connectivity index (χ4v) is 9.34. The normalized spacial score (nSPS) is 13.9. The standard InChI is InChI=1S/C54H36N4/c1-4-17-36(18-5-1)52-53(37-19-6-2-7-20-37)56-54-42(27-15-28-46(54)55-52)38-21-14-24-40(32-38)58-48-31-30-35-16-10-11-25-41(35)51(48)45-33-44-43-26-12-13-29-47(43)57(49(44)34-50(45)58)39-22-8-3-9-23-39/h1-34,52,55H. The Morgan fingerprint density at radius 3 is 1.91 bits per heavy atom. The maximum atomic E-state index is 5.51. The highest BCUT2D eigenvalue weighted by molar-refractivity contribution is 6.25. The van der Waals surface area contributed by atoms with Gasteiger partial charge in [-0.1, -0.05) is 152 Å². The summed E-state index contributed by atoms with van der Waals surface area (Å²) in [6.45, 7) is 0. The van der Waals surface area contributed by atoms with Crippen LogP contribution in [0.3, 0.4) is 0 Å². The van der Waals surface area contributed by atoms with E-state index in [4.69, 9.17) is 4.99 Å². The van der Waals surface area contributed by atoms with Gasteiger partial charge in [-0.25, -0.2) is 4.99 Å². The molecule has 0 fully saturated rings. The van der Waals surface area contributed by atoms with Crippen LogP contribution in [0.2, 0.25) is 0 Å². The maximum Gasteiger partial charge on any atom is 0.0947 e. The minimum atomic E-state index is -0.0755. The van der Waals surface area contributed by atoms with Crippen molar-refractivity contribution >= 4 is 71.5 Å². The highest BCUT2D eigenvalue weighted by Gasteiger charge is 2.27. The second kappa shape index (κ2) is 12.9. The van der Waals surface area contributed by atoms with Crippen molar-refractivity contribution in [1.29, 1.82) is 0 Å². The topological polar surface area (TPSA) is 34.2 Å². The average molecular weight is 741 g/mol. The molecule has 0 aliphatic carbocycles. The van der Waals surface area contributed by atoms with Crippen LogP contribution in [-0.2, 0) is 0 Å². The van der Waals surface area contributed by atoms with Crippen molar-refractivity contribution in [3.05, 3.63) is 217 Å². The number of para-hydroxylation sites is 3. The number of anilines is 1. The number of aliphatic imine (C=N–C) groups is 1. The lowest BCUT2D eigenvalue weighted by atomic mass is 9.92. The van der Waals surface area contributed by atoms with Crippen molar-refractivity contribution in [3.8, 4) is 22.5 Å². The van der Waals surface area contributed by atoms with E-state index in [1.165, 1.54) is 59.9 Å². The van der Waals surface area contributed by atoms with Gasteiger partial charge in [0, 0.05) is 38.5 Å². The fourth-order valence-electron chi connectivity index (χ4n) is 9.34. The molecule has 1 atom stereocenters. The number of hydrogen-bond donors (Lipinski definition) is 1. The first-order valence-corrected chi connectivity index (χ1v) is 19.9. The van der Waals surface area contributed by atoms with Crippen LogP contribution in [0.25, 0.3) is 76.9 Å². The number of hydrogen-bond acceptors (Lipinski definition) is 2. The zero-order valence-electron chi connectivity index (χ0n) is 31.5. The molecule has 0 spiro atoms. The van der Waals surface area contributed by atoms with E-state index in [1.807, 2.05) is 0 Å². The van der Waals surface area contributed by atoms with Crippen molar-refractivity contribution in [2.45, 2.75) is 6.04 Å². The second-order valence-corrected chi connectivity index (χ2v) is 15.2. The summed E-state index contributed by atoms with van der Waals surface area (Å²) in [4.78, 5) is 5.51. The number of rotatable bonds is 5. The number of benzene rings is 9. The van der Waals surface area contributed by atoms with E-state index < -0.39 is 0 Å². The van der Waals surface area contributed by atoms with Gasteiger partial charge in [0.15, 0.2) is 0 Å². The van der Waals surface area contributed by atoms with Gasteiger partial charge in [-0.15, -0.1) is 0 Å². The summed E-state index contributed by atoms with van der Waals surface area (Å²) in [6, 6.07) is 74.3. The van der Waals surface area contributed by atoms with Crippen LogP contribution < -0.4 is 5.32 Å². The molecule has 0 saturated heterocycles. The lowest BCUT2D eigenvalue weighted by molar-refractivity contribution is 1.01. The molecule has 0 radical (unpaired) electrons. The van der Waals surface area contributed by atoms with E-state index in [-0.39, 0.29) is 6.04 Å². The predicted octanol–water partition coefficient (Wildman–Crippen LogP) is 14.0. The SMILES string of the molecule is c1ccc(C2=Nc3c(cccc3-c3cccc(-n4c5cc6c(cc5c5c7ccccc7ccc54)c4ccccc4n6-c4ccccc4)c3)NC2c2ccccc2)cc1. The van der Waals surface area contributed by atoms with Gasteiger partial charge in [-0.05, 0) is 82.1 Å². The molecule has 2 aromatic heterocycles. The van der Waals surface area contributed by atoms with Crippen LogP contribution >= 0.6 is 0 Å². The van der Waals surface area contributed by atoms with Crippen molar-refractivity contribution in [1.82, 2.24) is 9.13 Å². The number of aromatic nitrogens is 2. The van der Waals surface area contributed by atoms with Gasteiger partial charge in [0.25, 0.3) is 0 Å². The first-order chi connectivity index (χ1) is 28.8. The molecule has 12 rings (SSSR count). The van der Waals surface area contributed by atoms with Crippen molar-refractivity contribution in [2.75, 3.05) is 5.32 Å². The summed E-state index contributed by atoms with van der Waals surface area (Å²) in [6.07, 6.45) is 0. The van der Waals surface area contributed by atoms with Crippen LogP contribution in [0.5, 0.6) is 0 Å². The molecule has 1 N–H and O–H groups in total. The molecular weight excluding hydrogens is 705 g/mol. The van der Waals surface area contributed by atoms with Crippen LogP contribution in [0, 0.1) is 0 Å². The Morgan fingerprint density at radius 2 is 1.07 bits per heavy atom. The van der Waals surface area contributed by atoms with Crippen LogP contribution in [0.15, 0.2) is 211 Å².